The van der Waals surface area contributed by atoms with Gasteiger partial charge in [0.1, 0.15) is 16.4 Å². The summed E-state index contributed by atoms with van der Waals surface area (Å²) in [6.45, 7) is 0. The van der Waals surface area contributed by atoms with Crippen molar-refractivity contribution in [3.63, 3.8) is 0 Å². The molecule has 0 bridgehead atoms. The van der Waals surface area contributed by atoms with Gasteiger partial charge < -0.3 is 15.3 Å². The van der Waals surface area contributed by atoms with Gasteiger partial charge >= 0.3 is 5.97 Å². The number of nitrogens with one attached hydrogen (secondary N) is 2. The van der Waals surface area contributed by atoms with E-state index in [1.807, 2.05) is 0 Å². The first-order valence-electron chi connectivity index (χ1n) is 9.03. The van der Waals surface area contributed by atoms with E-state index in [4.69, 9.17) is 0 Å². The highest BCUT2D eigenvalue weighted by Crippen LogP contribution is 2.29. The molecule has 0 heterocycles. The normalized spacial score (nSPS) is 11.3. The molecule has 0 aromatic heterocycles. The summed E-state index contributed by atoms with van der Waals surface area (Å²) in [6.07, 6.45) is 1.14. The quantitative estimate of drug-likeness (QED) is 0.186. The zero-order valence-electron chi connectivity index (χ0n) is 16.5. The summed E-state index contributed by atoms with van der Waals surface area (Å²) >= 11 is 0. The molecule has 0 aliphatic heterocycles. The van der Waals surface area contributed by atoms with Gasteiger partial charge in [0.05, 0.1) is 28.1 Å². The molecule has 0 radical (unpaired) electrons. The van der Waals surface area contributed by atoms with E-state index in [-0.39, 0.29) is 34.0 Å². The Bertz CT molecular complexity index is 1370. The van der Waals surface area contributed by atoms with E-state index in [1.54, 1.807) is 0 Å². The SMILES string of the molecule is O=C(O)c1ccccc1NS(=O)(=O)c1cc([N+](=O)[O-])ccc1N/N=C/c1ccc(O)cc1O. The molecule has 3 rings (SSSR count). The van der Waals surface area contributed by atoms with Crippen LogP contribution in [0.1, 0.15) is 15.9 Å². The van der Waals surface area contributed by atoms with Crippen molar-refractivity contribution in [3.05, 3.63) is 81.9 Å². The van der Waals surface area contributed by atoms with E-state index in [9.17, 15) is 38.6 Å². The van der Waals surface area contributed by atoms with Crippen LogP contribution in [0.4, 0.5) is 17.1 Å². The van der Waals surface area contributed by atoms with E-state index < -0.39 is 31.5 Å². The largest absolute Gasteiger partial charge is 0.508 e. The Labute approximate surface area is 186 Å². The number of anilines is 2. The number of sulfonamides is 1. The predicted molar refractivity (Wildman–Crippen MR) is 118 cm³/mol. The molecule has 0 saturated carbocycles. The summed E-state index contributed by atoms with van der Waals surface area (Å²) in [4.78, 5) is 21.2. The molecule has 0 aliphatic rings. The zero-order valence-corrected chi connectivity index (χ0v) is 17.4. The highest BCUT2D eigenvalue weighted by atomic mass is 32.2. The Hall–Kier alpha value is -4.65. The molecule has 0 fully saturated rings. The first-order chi connectivity index (χ1) is 15.6. The van der Waals surface area contributed by atoms with Crippen molar-refractivity contribution < 1.29 is 33.5 Å². The maximum Gasteiger partial charge on any atom is 0.337 e. The van der Waals surface area contributed by atoms with E-state index in [0.717, 1.165) is 30.5 Å². The molecular weight excluding hydrogens is 456 g/mol. The van der Waals surface area contributed by atoms with E-state index in [2.05, 4.69) is 15.2 Å². The van der Waals surface area contributed by atoms with E-state index >= 15 is 0 Å². The molecule has 0 unspecified atom stereocenters. The number of nitro benzene ring substituents is 1. The van der Waals surface area contributed by atoms with Crippen LogP contribution in [0.2, 0.25) is 0 Å². The van der Waals surface area contributed by atoms with Gasteiger partial charge in [-0.2, -0.15) is 5.10 Å². The minimum Gasteiger partial charge on any atom is -0.508 e. The van der Waals surface area contributed by atoms with Gasteiger partial charge in [-0.15, -0.1) is 0 Å². The summed E-state index contributed by atoms with van der Waals surface area (Å²) < 4.78 is 28.1. The molecule has 170 valence electrons. The number of nitro groups is 1. The van der Waals surface area contributed by atoms with Crippen LogP contribution in [0, 0.1) is 10.1 Å². The number of nitrogens with zero attached hydrogens (tertiary/aromatic N) is 2. The number of hydrogen-bond acceptors (Lipinski definition) is 9. The number of hydrazone groups is 1. The third kappa shape index (κ3) is 5.34. The molecule has 13 heteroatoms. The Balaban J connectivity index is 1.99. The van der Waals surface area contributed by atoms with Crippen LogP contribution < -0.4 is 10.1 Å². The monoisotopic (exact) mass is 472 g/mol. The summed E-state index contributed by atoms with van der Waals surface area (Å²) in [5.41, 5.74) is 1.40. The molecular formula is C20H16N4O8S. The minimum absolute atomic E-state index is 0.157. The van der Waals surface area contributed by atoms with Crippen molar-refractivity contribution >= 4 is 39.3 Å². The number of rotatable bonds is 8. The number of phenolic OH excluding ortho intramolecular Hbond substituents is 2. The van der Waals surface area contributed by atoms with Crippen molar-refractivity contribution in [2.45, 2.75) is 4.90 Å². The van der Waals surface area contributed by atoms with Gasteiger partial charge in [0.25, 0.3) is 15.7 Å². The first-order valence-corrected chi connectivity index (χ1v) is 10.5. The predicted octanol–water partition coefficient (Wildman–Crippen LogP) is 2.95. The highest BCUT2D eigenvalue weighted by molar-refractivity contribution is 7.93. The van der Waals surface area contributed by atoms with Crippen LogP contribution in [0.5, 0.6) is 11.5 Å². The smallest absolute Gasteiger partial charge is 0.337 e. The van der Waals surface area contributed by atoms with Gasteiger partial charge in [0.2, 0.25) is 0 Å². The fraction of sp³-hybridized carbons (Fsp3) is 0. The number of carboxylic acid groups (broad SMARTS) is 1. The maximum absolute atomic E-state index is 13.0. The van der Waals surface area contributed by atoms with Gasteiger partial charge in [-0.25, -0.2) is 13.2 Å². The average Bonchev–Trinajstić information content (AvgIpc) is 2.75. The highest BCUT2D eigenvalue weighted by Gasteiger charge is 2.24. The molecule has 0 aliphatic carbocycles. The van der Waals surface area contributed by atoms with Crippen molar-refractivity contribution in [1.29, 1.82) is 0 Å². The number of hydrogen-bond donors (Lipinski definition) is 5. The lowest BCUT2D eigenvalue weighted by molar-refractivity contribution is -0.385. The van der Waals surface area contributed by atoms with Gasteiger partial charge in [-0.1, -0.05) is 12.1 Å². The lowest BCUT2D eigenvalue weighted by Gasteiger charge is -2.13. The van der Waals surface area contributed by atoms with Crippen LogP contribution in [-0.4, -0.2) is 40.8 Å². The van der Waals surface area contributed by atoms with Gasteiger partial charge in [-0.3, -0.25) is 20.3 Å². The Morgan fingerprint density at radius 2 is 1.76 bits per heavy atom. The number of benzene rings is 3. The van der Waals surface area contributed by atoms with Crippen LogP contribution in [0.3, 0.4) is 0 Å². The second-order valence-electron chi connectivity index (χ2n) is 6.51. The second-order valence-corrected chi connectivity index (χ2v) is 8.16. The van der Waals surface area contributed by atoms with Crippen LogP contribution >= 0.6 is 0 Å². The van der Waals surface area contributed by atoms with E-state index in [0.29, 0.717) is 0 Å². The van der Waals surface area contributed by atoms with Crippen molar-refractivity contribution in [2.24, 2.45) is 5.10 Å². The first kappa shape index (κ1) is 23.0. The van der Waals surface area contributed by atoms with Crippen molar-refractivity contribution in [3.8, 4) is 11.5 Å². The topological polar surface area (TPSA) is 191 Å². The molecule has 33 heavy (non-hydrogen) atoms. The summed E-state index contributed by atoms with van der Waals surface area (Å²) in [6, 6.07) is 12.0. The molecule has 5 N–H and O–H groups in total. The summed E-state index contributed by atoms with van der Waals surface area (Å²) in [5.74, 6) is -1.83. The van der Waals surface area contributed by atoms with Gasteiger partial charge in [0, 0.05) is 23.8 Å². The van der Waals surface area contributed by atoms with Gasteiger partial charge in [0.15, 0.2) is 0 Å². The summed E-state index contributed by atoms with van der Waals surface area (Å²) in [7, 11) is -4.50. The number of phenols is 2. The Morgan fingerprint density at radius 3 is 2.42 bits per heavy atom. The molecule has 12 nitrogen and oxygen atoms in total. The Kier molecular flexibility index (Phi) is 6.44. The third-order valence-electron chi connectivity index (χ3n) is 4.27. The maximum atomic E-state index is 13.0. The number of carboxylic acids is 1. The molecule has 0 spiro atoms. The lowest BCUT2D eigenvalue weighted by Crippen LogP contribution is -2.17. The average molecular weight is 472 g/mol. The number of aromatic carboxylic acids is 1. The minimum atomic E-state index is -4.50. The number of aromatic hydroxyl groups is 2. The zero-order chi connectivity index (χ0) is 24.2. The molecule has 0 saturated heterocycles. The molecule has 3 aromatic rings. The van der Waals surface area contributed by atoms with E-state index in [1.165, 1.54) is 36.4 Å². The number of para-hydroxylation sites is 1. The molecule has 0 amide bonds. The Morgan fingerprint density at radius 1 is 1.03 bits per heavy atom. The fourth-order valence-electron chi connectivity index (χ4n) is 2.71. The van der Waals surface area contributed by atoms with Crippen LogP contribution in [-0.2, 0) is 10.0 Å². The standard InChI is InChI=1S/C20H16N4O8S/c25-14-7-5-12(18(26)10-14)11-21-22-17-8-6-13(24(29)30)9-19(17)33(31,32)23-16-4-2-1-3-15(16)20(27)28/h1-11,22-23,25-26H,(H,27,28)/b21-11+. The number of carbonyl (C=O) groups is 1. The summed E-state index contributed by atoms with van der Waals surface area (Å²) in [5, 5.41) is 43.4. The lowest BCUT2D eigenvalue weighted by atomic mass is 10.2. The molecule has 3 aromatic carbocycles. The van der Waals surface area contributed by atoms with Crippen molar-refractivity contribution in [1.82, 2.24) is 0 Å². The second kappa shape index (κ2) is 9.23. The van der Waals surface area contributed by atoms with Crippen LogP contribution in [0.15, 0.2) is 70.7 Å². The van der Waals surface area contributed by atoms with Gasteiger partial charge in [-0.05, 0) is 30.3 Å². The third-order valence-corrected chi connectivity index (χ3v) is 5.68. The molecule has 0 atom stereocenters. The van der Waals surface area contributed by atoms with Crippen molar-refractivity contribution in [2.75, 3.05) is 10.1 Å². The van der Waals surface area contributed by atoms with Crippen LogP contribution in [0.25, 0.3) is 0 Å². The number of non-ortho nitro benzene ring substituents is 1. The fourth-order valence-corrected chi connectivity index (χ4v) is 3.97.